The lowest BCUT2D eigenvalue weighted by atomic mass is 10.0. The predicted octanol–water partition coefficient (Wildman–Crippen LogP) is 1.27. The zero-order valence-corrected chi connectivity index (χ0v) is 8.51. The highest BCUT2D eigenvalue weighted by Gasteiger charge is 2.33. The molecule has 1 aliphatic rings. The molecule has 0 aliphatic carbocycles. The first-order valence-electron chi connectivity index (χ1n) is 4.11. The van der Waals surface area contributed by atoms with Gasteiger partial charge < -0.3 is 10.6 Å². The number of rotatable bonds is 0. The number of anilines is 2. The molecule has 5 nitrogen and oxygen atoms in total. The van der Waals surface area contributed by atoms with E-state index in [9.17, 15) is 4.79 Å². The molecule has 0 saturated heterocycles. The van der Waals surface area contributed by atoms with Crippen LogP contribution in [0.4, 0.5) is 11.5 Å². The highest BCUT2D eigenvalue weighted by Crippen LogP contribution is 2.28. The van der Waals surface area contributed by atoms with Gasteiger partial charge in [-0.2, -0.15) is 4.98 Å². The van der Waals surface area contributed by atoms with E-state index in [4.69, 9.17) is 11.6 Å². The molecule has 0 unspecified atom stereocenters. The van der Waals surface area contributed by atoms with Crippen LogP contribution in [0.2, 0.25) is 5.28 Å². The Bertz CT molecular complexity index is 404. The molecule has 74 valence electrons. The first kappa shape index (κ1) is 9.21. The van der Waals surface area contributed by atoms with Crippen molar-refractivity contribution in [2.45, 2.75) is 19.4 Å². The molecule has 0 radical (unpaired) electrons. The fourth-order valence-electron chi connectivity index (χ4n) is 1.18. The highest BCUT2D eigenvalue weighted by atomic mass is 35.5. The molecule has 1 amide bonds. The average Bonchev–Trinajstić information content (AvgIpc) is 2.07. The Morgan fingerprint density at radius 3 is 2.93 bits per heavy atom. The third kappa shape index (κ3) is 1.39. The van der Waals surface area contributed by atoms with Crippen LogP contribution in [0.3, 0.4) is 0 Å². The molecule has 2 rings (SSSR count). The number of aromatic nitrogens is 2. The number of hydrogen-bond acceptors (Lipinski definition) is 4. The molecule has 2 N–H and O–H groups in total. The lowest BCUT2D eigenvalue weighted by molar-refractivity contribution is -0.119. The molecule has 1 aliphatic heterocycles. The van der Waals surface area contributed by atoms with Gasteiger partial charge in [0.15, 0.2) is 5.82 Å². The lowest BCUT2D eigenvalue weighted by Gasteiger charge is -2.31. The molecular formula is C8H9ClN4O. The van der Waals surface area contributed by atoms with Crippen LogP contribution in [0.15, 0.2) is 6.20 Å². The monoisotopic (exact) mass is 212 g/mol. The standard InChI is InChI=1S/C8H9ClN4O/c1-8(2)6(14)11-4-3-10-7(9)12-5(4)13-8/h3H,1-2H3,(H,11,14)(H,10,12,13). The Balaban J connectivity index is 2.46. The normalized spacial score (nSPS) is 18.1. The third-order valence-electron chi connectivity index (χ3n) is 2.01. The second-order valence-corrected chi connectivity index (χ2v) is 3.94. The molecule has 0 spiro atoms. The fourth-order valence-corrected chi connectivity index (χ4v) is 1.31. The van der Waals surface area contributed by atoms with Crippen LogP contribution in [0.5, 0.6) is 0 Å². The van der Waals surface area contributed by atoms with Crippen LogP contribution in [-0.2, 0) is 4.79 Å². The van der Waals surface area contributed by atoms with E-state index in [2.05, 4.69) is 20.6 Å². The Hall–Kier alpha value is -1.36. The summed E-state index contributed by atoms with van der Waals surface area (Å²) in [6.45, 7) is 3.53. The minimum Gasteiger partial charge on any atom is -0.354 e. The van der Waals surface area contributed by atoms with E-state index in [0.717, 1.165) is 0 Å². The van der Waals surface area contributed by atoms with Crippen LogP contribution in [-0.4, -0.2) is 21.4 Å². The topological polar surface area (TPSA) is 66.9 Å². The van der Waals surface area contributed by atoms with Gasteiger partial charge in [-0.15, -0.1) is 0 Å². The summed E-state index contributed by atoms with van der Waals surface area (Å²) in [7, 11) is 0. The molecule has 0 aromatic carbocycles. The van der Waals surface area contributed by atoms with E-state index in [0.29, 0.717) is 11.5 Å². The first-order chi connectivity index (χ1) is 6.49. The second-order valence-electron chi connectivity index (χ2n) is 3.61. The van der Waals surface area contributed by atoms with Gasteiger partial charge in [-0.3, -0.25) is 4.79 Å². The maximum atomic E-state index is 11.5. The van der Waals surface area contributed by atoms with Gasteiger partial charge in [0.1, 0.15) is 11.2 Å². The number of nitrogens with one attached hydrogen (secondary N) is 2. The van der Waals surface area contributed by atoms with E-state index in [-0.39, 0.29) is 11.2 Å². The summed E-state index contributed by atoms with van der Waals surface area (Å²) in [6, 6.07) is 0. The summed E-state index contributed by atoms with van der Waals surface area (Å²) in [5.41, 5.74) is -0.122. The molecule has 0 saturated carbocycles. The summed E-state index contributed by atoms with van der Waals surface area (Å²) in [5, 5.41) is 5.83. The number of amides is 1. The Morgan fingerprint density at radius 2 is 2.21 bits per heavy atom. The van der Waals surface area contributed by atoms with E-state index in [1.54, 1.807) is 13.8 Å². The van der Waals surface area contributed by atoms with E-state index in [1.165, 1.54) is 6.20 Å². The molecule has 1 aromatic heterocycles. The molecular weight excluding hydrogens is 204 g/mol. The van der Waals surface area contributed by atoms with E-state index < -0.39 is 5.54 Å². The zero-order chi connectivity index (χ0) is 10.3. The SMILES string of the molecule is CC1(C)Nc2nc(Cl)ncc2NC1=O. The summed E-state index contributed by atoms with van der Waals surface area (Å²) in [6.07, 6.45) is 1.48. The predicted molar refractivity (Wildman–Crippen MR) is 53.4 cm³/mol. The summed E-state index contributed by atoms with van der Waals surface area (Å²) in [4.78, 5) is 19.2. The van der Waals surface area contributed by atoms with Crippen molar-refractivity contribution in [2.75, 3.05) is 10.6 Å². The summed E-state index contributed by atoms with van der Waals surface area (Å²) >= 11 is 5.63. The van der Waals surface area contributed by atoms with Gasteiger partial charge in [0.2, 0.25) is 11.2 Å². The first-order valence-corrected chi connectivity index (χ1v) is 4.49. The minimum absolute atomic E-state index is 0.115. The van der Waals surface area contributed by atoms with Crippen LogP contribution in [0.25, 0.3) is 0 Å². The Labute approximate surface area is 85.9 Å². The summed E-state index contributed by atoms with van der Waals surface area (Å²) < 4.78 is 0. The van der Waals surface area contributed by atoms with Crippen LogP contribution < -0.4 is 10.6 Å². The van der Waals surface area contributed by atoms with Crippen molar-refractivity contribution in [2.24, 2.45) is 0 Å². The Kier molecular flexibility index (Phi) is 1.85. The van der Waals surface area contributed by atoms with E-state index in [1.807, 2.05) is 0 Å². The van der Waals surface area contributed by atoms with Gasteiger partial charge in [-0.05, 0) is 25.4 Å². The van der Waals surface area contributed by atoms with Crippen molar-refractivity contribution in [1.29, 1.82) is 0 Å². The highest BCUT2D eigenvalue weighted by molar-refractivity contribution is 6.28. The fraction of sp³-hybridized carbons (Fsp3) is 0.375. The van der Waals surface area contributed by atoms with Crippen molar-refractivity contribution in [3.63, 3.8) is 0 Å². The van der Waals surface area contributed by atoms with Crippen molar-refractivity contribution in [3.8, 4) is 0 Å². The average molecular weight is 213 g/mol. The number of nitrogens with zero attached hydrogens (tertiary/aromatic N) is 2. The number of fused-ring (bicyclic) bond motifs is 1. The zero-order valence-electron chi connectivity index (χ0n) is 7.76. The molecule has 2 heterocycles. The molecule has 0 fully saturated rings. The van der Waals surface area contributed by atoms with Gasteiger partial charge in [0.25, 0.3) is 0 Å². The van der Waals surface area contributed by atoms with Crippen molar-refractivity contribution in [1.82, 2.24) is 9.97 Å². The van der Waals surface area contributed by atoms with Gasteiger partial charge >= 0.3 is 0 Å². The summed E-state index contributed by atoms with van der Waals surface area (Å²) in [5.74, 6) is 0.436. The smallest absolute Gasteiger partial charge is 0.249 e. The van der Waals surface area contributed by atoms with Crippen molar-refractivity contribution < 1.29 is 4.79 Å². The van der Waals surface area contributed by atoms with Gasteiger partial charge in [0.05, 0.1) is 6.20 Å². The van der Waals surface area contributed by atoms with Crippen LogP contribution in [0.1, 0.15) is 13.8 Å². The van der Waals surface area contributed by atoms with Gasteiger partial charge in [-0.1, -0.05) is 0 Å². The molecule has 14 heavy (non-hydrogen) atoms. The molecule has 1 aromatic rings. The largest absolute Gasteiger partial charge is 0.354 e. The number of halogens is 1. The van der Waals surface area contributed by atoms with Crippen molar-refractivity contribution >= 4 is 29.0 Å². The third-order valence-corrected chi connectivity index (χ3v) is 2.19. The number of hydrogen-bond donors (Lipinski definition) is 2. The number of carbonyl (C=O) groups is 1. The molecule has 6 heteroatoms. The van der Waals surface area contributed by atoms with Gasteiger partial charge in [0, 0.05) is 0 Å². The quantitative estimate of drug-likeness (QED) is 0.636. The van der Waals surface area contributed by atoms with Crippen LogP contribution in [0, 0.1) is 0 Å². The van der Waals surface area contributed by atoms with Gasteiger partial charge in [-0.25, -0.2) is 4.98 Å². The lowest BCUT2D eigenvalue weighted by Crippen LogP contribution is -2.47. The van der Waals surface area contributed by atoms with Crippen LogP contribution >= 0.6 is 11.6 Å². The Morgan fingerprint density at radius 1 is 1.50 bits per heavy atom. The maximum absolute atomic E-state index is 11.5. The molecule has 0 atom stereocenters. The second kappa shape index (κ2) is 2.81. The van der Waals surface area contributed by atoms with E-state index >= 15 is 0 Å². The maximum Gasteiger partial charge on any atom is 0.249 e. The van der Waals surface area contributed by atoms with Crippen molar-refractivity contribution in [3.05, 3.63) is 11.5 Å². The minimum atomic E-state index is -0.676. The molecule has 0 bridgehead atoms. The number of carbonyl (C=O) groups excluding carboxylic acids is 1.